The van der Waals surface area contributed by atoms with Gasteiger partial charge in [0, 0.05) is 15.7 Å². The van der Waals surface area contributed by atoms with Gasteiger partial charge in [-0.2, -0.15) is 0 Å². The molecular weight excluding hydrogens is 726 g/mol. The lowest BCUT2D eigenvalue weighted by atomic mass is 9.95. The largest absolute Gasteiger partial charge is 0.497 e. The van der Waals surface area contributed by atoms with Crippen molar-refractivity contribution >= 4 is 44.9 Å². The molecule has 8 nitrogen and oxygen atoms in total. The molecule has 1 N–H and O–H groups in total. The summed E-state index contributed by atoms with van der Waals surface area (Å²) >= 11 is 4.75. The van der Waals surface area contributed by atoms with Crippen molar-refractivity contribution in [3.8, 4) is 17.2 Å². The number of thiazole rings is 1. The number of nitrogens with zero attached hydrogens (tertiary/aromatic N) is 2. The van der Waals surface area contributed by atoms with Crippen LogP contribution in [0.1, 0.15) is 46.3 Å². The van der Waals surface area contributed by atoms with Gasteiger partial charge in [0.1, 0.15) is 12.4 Å². The smallest absolute Gasteiger partial charge is 0.271 e. The Labute approximate surface area is 309 Å². The van der Waals surface area contributed by atoms with Gasteiger partial charge >= 0.3 is 0 Å². The molecule has 51 heavy (non-hydrogen) atoms. The van der Waals surface area contributed by atoms with Crippen molar-refractivity contribution in [1.29, 1.82) is 0 Å². The zero-order valence-corrected chi connectivity index (χ0v) is 31.5. The maximum atomic E-state index is 14.4. The molecule has 1 atom stereocenters. The summed E-state index contributed by atoms with van der Waals surface area (Å²) in [5.74, 6) is 1.51. The standard InChI is InChI=1S/C41H38BrN3O5S/c1-7-8-30-20-28(21-34(49-6)38(30)50-23-27-10-14-31(42)15-11-27)22-35-40(47)45-37(29-12-16-32(48-5)17-13-29)36(26(4)43-41(45)51-35)39(46)44-33-18-9-24(2)19-25(33)3/h7,9-22,37H,1,8,23H2,2-6H3,(H,44,46)/b35-22+/t37-/m0/s1. The number of allylic oxidation sites excluding steroid dienone is 2. The Hall–Kier alpha value is -5.19. The number of carbonyl (C=O) groups excluding carboxylic acids is 1. The molecule has 0 aliphatic carbocycles. The number of methoxy groups -OCH3 is 2. The monoisotopic (exact) mass is 763 g/mol. The van der Waals surface area contributed by atoms with E-state index in [9.17, 15) is 9.59 Å². The molecule has 1 aliphatic rings. The Kier molecular flexibility index (Phi) is 10.7. The van der Waals surface area contributed by atoms with Crippen LogP contribution >= 0.6 is 27.3 Å². The molecule has 0 saturated heterocycles. The molecular formula is C41H38BrN3O5S. The maximum Gasteiger partial charge on any atom is 0.271 e. The number of hydrogen-bond donors (Lipinski definition) is 1. The minimum Gasteiger partial charge on any atom is -0.497 e. The van der Waals surface area contributed by atoms with E-state index in [4.69, 9.17) is 19.2 Å². The molecule has 0 fully saturated rings. The average molecular weight is 765 g/mol. The summed E-state index contributed by atoms with van der Waals surface area (Å²) in [6.07, 6.45) is 4.17. The number of ether oxygens (including phenoxy) is 3. The van der Waals surface area contributed by atoms with Gasteiger partial charge in [-0.1, -0.05) is 75.3 Å². The first-order valence-corrected chi connectivity index (χ1v) is 17.9. The number of carbonyl (C=O) groups is 1. The number of amides is 1. The van der Waals surface area contributed by atoms with E-state index < -0.39 is 6.04 Å². The predicted molar refractivity (Wildman–Crippen MR) is 207 cm³/mol. The minimum atomic E-state index is -0.722. The van der Waals surface area contributed by atoms with Gasteiger partial charge in [0.25, 0.3) is 11.5 Å². The van der Waals surface area contributed by atoms with Crippen LogP contribution in [0.3, 0.4) is 0 Å². The quantitative estimate of drug-likeness (QED) is 0.140. The van der Waals surface area contributed by atoms with Gasteiger partial charge in [-0.3, -0.25) is 14.2 Å². The second kappa shape index (κ2) is 15.4. The average Bonchev–Trinajstić information content (AvgIpc) is 3.42. The normalized spacial score (nSPS) is 14.1. The van der Waals surface area contributed by atoms with E-state index in [1.165, 1.54) is 11.3 Å². The van der Waals surface area contributed by atoms with Crippen LogP contribution in [0, 0.1) is 13.8 Å². The number of benzene rings is 4. The highest BCUT2D eigenvalue weighted by molar-refractivity contribution is 9.10. The van der Waals surface area contributed by atoms with Gasteiger partial charge in [-0.25, -0.2) is 4.99 Å². The number of hydrogen-bond acceptors (Lipinski definition) is 7. The van der Waals surface area contributed by atoms with Gasteiger partial charge in [0.05, 0.1) is 36.1 Å². The fraction of sp³-hybridized carbons (Fsp3) is 0.195. The van der Waals surface area contributed by atoms with E-state index in [0.717, 1.165) is 37.9 Å². The molecule has 0 unspecified atom stereocenters. The van der Waals surface area contributed by atoms with Crippen LogP contribution in [0.4, 0.5) is 5.69 Å². The first kappa shape index (κ1) is 35.6. The molecule has 2 heterocycles. The summed E-state index contributed by atoms with van der Waals surface area (Å²) in [6.45, 7) is 10.1. The molecule has 1 aliphatic heterocycles. The zero-order chi connectivity index (χ0) is 36.2. The first-order valence-electron chi connectivity index (χ1n) is 16.3. The molecule has 5 aromatic rings. The van der Waals surface area contributed by atoms with E-state index in [0.29, 0.717) is 56.6 Å². The molecule has 260 valence electrons. The van der Waals surface area contributed by atoms with Crippen molar-refractivity contribution in [3.63, 3.8) is 0 Å². The fourth-order valence-electron chi connectivity index (χ4n) is 6.13. The van der Waals surface area contributed by atoms with Crippen LogP contribution in [-0.2, 0) is 17.8 Å². The van der Waals surface area contributed by atoms with Crippen molar-refractivity contribution in [1.82, 2.24) is 4.57 Å². The molecule has 0 saturated carbocycles. The Bertz CT molecular complexity index is 2340. The lowest BCUT2D eigenvalue weighted by molar-refractivity contribution is -0.113. The van der Waals surface area contributed by atoms with Gasteiger partial charge in [0.2, 0.25) is 0 Å². The van der Waals surface area contributed by atoms with Crippen molar-refractivity contribution in [2.45, 2.75) is 39.8 Å². The van der Waals surface area contributed by atoms with Gasteiger partial charge in [-0.15, -0.1) is 6.58 Å². The highest BCUT2D eigenvalue weighted by atomic mass is 79.9. The minimum absolute atomic E-state index is 0.260. The molecule has 6 rings (SSSR count). The Morgan fingerprint density at radius 1 is 1.00 bits per heavy atom. The second-order valence-corrected chi connectivity index (χ2v) is 14.2. The van der Waals surface area contributed by atoms with Crippen molar-refractivity contribution in [2.24, 2.45) is 4.99 Å². The third kappa shape index (κ3) is 7.62. The number of anilines is 1. The number of aromatic nitrogens is 1. The van der Waals surface area contributed by atoms with E-state index in [-0.39, 0.29) is 11.5 Å². The zero-order valence-electron chi connectivity index (χ0n) is 29.1. The molecule has 1 amide bonds. The van der Waals surface area contributed by atoms with E-state index in [1.54, 1.807) is 24.9 Å². The molecule has 0 radical (unpaired) electrons. The Morgan fingerprint density at radius 2 is 1.75 bits per heavy atom. The Balaban J connectivity index is 1.43. The third-order valence-corrected chi connectivity index (χ3v) is 10.2. The number of halogens is 1. The van der Waals surface area contributed by atoms with Crippen LogP contribution in [0.25, 0.3) is 6.08 Å². The van der Waals surface area contributed by atoms with E-state index >= 15 is 0 Å². The first-order chi connectivity index (χ1) is 24.6. The lowest BCUT2D eigenvalue weighted by Gasteiger charge is -2.25. The Morgan fingerprint density at radius 3 is 2.41 bits per heavy atom. The summed E-state index contributed by atoms with van der Waals surface area (Å²) in [5.41, 5.74) is 6.80. The number of rotatable bonds is 11. The molecule has 4 aromatic carbocycles. The van der Waals surface area contributed by atoms with Gasteiger partial charge in [-0.05, 0) is 98.0 Å². The number of aryl methyl sites for hydroxylation is 2. The topological polar surface area (TPSA) is 91.2 Å². The van der Waals surface area contributed by atoms with Crippen LogP contribution < -0.4 is 34.4 Å². The maximum absolute atomic E-state index is 14.4. The van der Waals surface area contributed by atoms with E-state index in [1.807, 2.05) is 106 Å². The van der Waals surface area contributed by atoms with Crippen LogP contribution in [0.15, 0.2) is 117 Å². The second-order valence-electron chi connectivity index (χ2n) is 12.2. The van der Waals surface area contributed by atoms with Gasteiger partial charge in [0.15, 0.2) is 16.3 Å². The third-order valence-electron chi connectivity index (χ3n) is 8.66. The molecule has 0 spiro atoms. The molecule has 0 bridgehead atoms. The lowest BCUT2D eigenvalue weighted by Crippen LogP contribution is -2.40. The summed E-state index contributed by atoms with van der Waals surface area (Å²) in [6, 6.07) is 24.3. The summed E-state index contributed by atoms with van der Waals surface area (Å²) in [5, 5.41) is 3.08. The summed E-state index contributed by atoms with van der Waals surface area (Å²) in [7, 11) is 3.20. The SMILES string of the molecule is C=CCc1cc(/C=c2/sc3n(c2=O)[C@@H](c2ccc(OC)cc2)C(C(=O)Nc2ccc(C)cc2C)=C(C)N=3)cc(OC)c1OCc1ccc(Br)cc1. The van der Waals surface area contributed by atoms with Crippen LogP contribution in [0.2, 0.25) is 0 Å². The molecule has 1 aromatic heterocycles. The van der Waals surface area contributed by atoms with Crippen LogP contribution in [-0.4, -0.2) is 24.7 Å². The number of nitrogens with one attached hydrogen (secondary N) is 1. The van der Waals surface area contributed by atoms with Crippen molar-refractivity contribution in [2.75, 3.05) is 19.5 Å². The van der Waals surface area contributed by atoms with Crippen molar-refractivity contribution < 1.29 is 19.0 Å². The predicted octanol–water partition coefficient (Wildman–Crippen LogP) is 7.58. The van der Waals surface area contributed by atoms with Crippen molar-refractivity contribution in [3.05, 3.63) is 160 Å². The summed E-state index contributed by atoms with van der Waals surface area (Å²) in [4.78, 5) is 33.8. The number of fused-ring (bicyclic) bond motifs is 1. The fourth-order valence-corrected chi connectivity index (χ4v) is 7.44. The highest BCUT2D eigenvalue weighted by Gasteiger charge is 2.33. The molecule has 10 heteroatoms. The summed E-state index contributed by atoms with van der Waals surface area (Å²) < 4.78 is 20.6. The van der Waals surface area contributed by atoms with E-state index in [2.05, 4.69) is 27.8 Å². The highest BCUT2D eigenvalue weighted by Crippen LogP contribution is 2.35. The van der Waals surface area contributed by atoms with Gasteiger partial charge < -0.3 is 19.5 Å². The van der Waals surface area contributed by atoms with Crippen LogP contribution in [0.5, 0.6) is 17.2 Å².